The average molecular weight is 327 g/mol. The van der Waals surface area contributed by atoms with Crippen LogP contribution in [-0.2, 0) is 9.53 Å². The molecule has 1 rings (SSSR count). The number of carbonyl (C=O) groups is 2. The lowest BCUT2D eigenvalue weighted by Crippen LogP contribution is -2.47. The van der Waals surface area contributed by atoms with Crippen molar-refractivity contribution in [1.29, 1.82) is 0 Å². The van der Waals surface area contributed by atoms with Crippen LogP contribution < -0.4 is 5.32 Å². The van der Waals surface area contributed by atoms with Crippen molar-refractivity contribution in [1.82, 2.24) is 15.1 Å². The number of likely N-dealkylation sites (tertiary alicyclic amines) is 1. The van der Waals surface area contributed by atoms with Crippen molar-refractivity contribution < 1.29 is 14.3 Å². The van der Waals surface area contributed by atoms with Crippen LogP contribution in [-0.4, -0.2) is 66.7 Å². The summed E-state index contributed by atoms with van der Waals surface area (Å²) < 4.78 is 5.40. The first-order valence-electron chi connectivity index (χ1n) is 8.74. The Hall–Kier alpha value is -1.30. The first-order chi connectivity index (χ1) is 10.8. The van der Waals surface area contributed by atoms with Crippen molar-refractivity contribution in [2.75, 3.05) is 39.3 Å². The van der Waals surface area contributed by atoms with E-state index in [1.54, 1.807) is 4.90 Å². The Morgan fingerprint density at radius 3 is 2.48 bits per heavy atom. The van der Waals surface area contributed by atoms with Gasteiger partial charge in [0.05, 0.1) is 5.92 Å². The van der Waals surface area contributed by atoms with Crippen LogP contribution in [0.2, 0.25) is 0 Å². The van der Waals surface area contributed by atoms with Gasteiger partial charge in [-0.25, -0.2) is 4.79 Å². The SMILES string of the molecule is CCN(CC)CCNC(=O)C1CCCN(C(=O)OC(C)(C)C)C1. The van der Waals surface area contributed by atoms with Gasteiger partial charge in [0.2, 0.25) is 5.91 Å². The zero-order valence-corrected chi connectivity index (χ0v) is 15.4. The summed E-state index contributed by atoms with van der Waals surface area (Å²) >= 11 is 0. The minimum atomic E-state index is -0.504. The number of hydrogen-bond donors (Lipinski definition) is 1. The lowest BCUT2D eigenvalue weighted by molar-refractivity contribution is -0.126. The van der Waals surface area contributed by atoms with Crippen LogP contribution in [0, 0.1) is 5.92 Å². The molecule has 0 aromatic heterocycles. The summed E-state index contributed by atoms with van der Waals surface area (Å²) in [6, 6.07) is 0. The third-order valence-electron chi connectivity index (χ3n) is 4.07. The molecular weight excluding hydrogens is 294 g/mol. The van der Waals surface area contributed by atoms with Gasteiger partial charge in [-0.05, 0) is 46.7 Å². The minimum Gasteiger partial charge on any atom is -0.444 e. The molecule has 1 fully saturated rings. The number of hydrogen-bond acceptors (Lipinski definition) is 4. The molecule has 0 aliphatic carbocycles. The van der Waals surface area contributed by atoms with E-state index in [1.165, 1.54) is 0 Å². The predicted octanol–water partition coefficient (Wildman–Crippen LogP) is 2.09. The maximum Gasteiger partial charge on any atom is 0.410 e. The van der Waals surface area contributed by atoms with Crippen LogP contribution in [0.4, 0.5) is 4.79 Å². The maximum absolute atomic E-state index is 12.3. The Kier molecular flexibility index (Phi) is 7.82. The van der Waals surface area contributed by atoms with Crippen LogP contribution in [0.25, 0.3) is 0 Å². The van der Waals surface area contributed by atoms with Gasteiger partial charge in [-0.1, -0.05) is 13.8 Å². The molecule has 1 heterocycles. The van der Waals surface area contributed by atoms with Crippen molar-refractivity contribution in [3.8, 4) is 0 Å². The van der Waals surface area contributed by atoms with Crippen LogP contribution in [0.5, 0.6) is 0 Å². The molecule has 23 heavy (non-hydrogen) atoms. The number of nitrogens with one attached hydrogen (secondary N) is 1. The molecule has 1 N–H and O–H groups in total. The van der Waals surface area contributed by atoms with Crippen molar-refractivity contribution in [3.63, 3.8) is 0 Å². The Balaban J connectivity index is 2.42. The molecule has 2 amide bonds. The number of amides is 2. The van der Waals surface area contributed by atoms with E-state index in [-0.39, 0.29) is 17.9 Å². The van der Waals surface area contributed by atoms with Gasteiger partial charge in [-0.15, -0.1) is 0 Å². The van der Waals surface area contributed by atoms with Gasteiger partial charge in [0, 0.05) is 26.2 Å². The number of carbonyl (C=O) groups excluding carboxylic acids is 2. The average Bonchev–Trinajstić information content (AvgIpc) is 2.50. The molecule has 0 aromatic rings. The Labute approximate surface area is 140 Å². The second-order valence-corrected chi connectivity index (χ2v) is 7.08. The fourth-order valence-corrected chi connectivity index (χ4v) is 2.70. The number of likely N-dealkylation sites (N-methyl/N-ethyl adjacent to an activating group) is 1. The van der Waals surface area contributed by atoms with Gasteiger partial charge in [0.15, 0.2) is 0 Å². The summed E-state index contributed by atoms with van der Waals surface area (Å²) in [7, 11) is 0. The smallest absolute Gasteiger partial charge is 0.410 e. The van der Waals surface area contributed by atoms with Gasteiger partial charge in [0.25, 0.3) is 0 Å². The molecule has 0 saturated carbocycles. The number of nitrogens with zero attached hydrogens (tertiary/aromatic N) is 2. The number of piperidine rings is 1. The van der Waals surface area contributed by atoms with E-state index in [1.807, 2.05) is 20.8 Å². The normalized spacial score (nSPS) is 18.9. The zero-order valence-electron chi connectivity index (χ0n) is 15.4. The lowest BCUT2D eigenvalue weighted by Gasteiger charge is -2.33. The summed E-state index contributed by atoms with van der Waals surface area (Å²) in [5, 5.41) is 3.00. The molecule has 0 radical (unpaired) electrons. The van der Waals surface area contributed by atoms with Gasteiger partial charge in [-0.2, -0.15) is 0 Å². The third-order valence-corrected chi connectivity index (χ3v) is 4.07. The summed E-state index contributed by atoms with van der Waals surface area (Å²) in [6.45, 7) is 14.4. The van der Waals surface area contributed by atoms with E-state index in [2.05, 4.69) is 24.1 Å². The van der Waals surface area contributed by atoms with Crippen molar-refractivity contribution >= 4 is 12.0 Å². The van der Waals surface area contributed by atoms with Gasteiger partial charge < -0.3 is 19.9 Å². The van der Waals surface area contributed by atoms with Gasteiger partial charge >= 0.3 is 6.09 Å². The highest BCUT2D eigenvalue weighted by Crippen LogP contribution is 2.19. The first kappa shape index (κ1) is 19.7. The van der Waals surface area contributed by atoms with E-state index >= 15 is 0 Å². The highest BCUT2D eigenvalue weighted by atomic mass is 16.6. The zero-order chi connectivity index (χ0) is 17.5. The molecule has 6 heteroatoms. The topological polar surface area (TPSA) is 61.9 Å². The minimum absolute atomic E-state index is 0.0467. The molecule has 1 atom stereocenters. The van der Waals surface area contributed by atoms with Gasteiger partial charge in [0.1, 0.15) is 5.60 Å². The van der Waals surface area contributed by atoms with Crippen molar-refractivity contribution in [2.45, 2.75) is 53.1 Å². The van der Waals surface area contributed by atoms with E-state index in [0.717, 1.165) is 32.5 Å². The highest BCUT2D eigenvalue weighted by molar-refractivity contribution is 5.80. The molecule has 0 spiro atoms. The molecule has 134 valence electrons. The quantitative estimate of drug-likeness (QED) is 0.811. The van der Waals surface area contributed by atoms with E-state index in [9.17, 15) is 9.59 Å². The number of rotatable bonds is 6. The van der Waals surface area contributed by atoms with Gasteiger partial charge in [-0.3, -0.25) is 4.79 Å². The van der Waals surface area contributed by atoms with Crippen LogP contribution in [0.3, 0.4) is 0 Å². The second-order valence-electron chi connectivity index (χ2n) is 7.08. The first-order valence-corrected chi connectivity index (χ1v) is 8.74. The fraction of sp³-hybridized carbons (Fsp3) is 0.882. The van der Waals surface area contributed by atoms with Crippen molar-refractivity contribution in [3.05, 3.63) is 0 Å². The highest BCUT2D eigenvalue weighted by Gasteiger charge is 2.30. The summed E-state index contributed by atoms with van der Waals surface area (Å²) in [5.74, 6) is -0.0848. The largest absolute Gasteiger partial charge is 0.444 e. The molecule has 0 aromatic carbocycles. The van der Waals surface area contributed by atoms with Crippen LogP contribution in [0.15, 0.2) is 0 Å². The van der Waals surface area contributed by atoms with E-state index in [4.69, 9.17) is 4.74 Å². The van der Waals surface area contributed by atoms with Crippen molar-refractivity contribution in [2.24, 2.45) is 5.92 Å². The van der Waals surface area contributed by atoms with Crippen LogP contribution >= 0.6 is 0 Å². The van der Waals surface area contributed by atoms with Crippen LogP contribution in [0.1, 0.15) is 47.5 Å². The molecule has 1 aliphatic rings. The Bertz CT molecular complexity index is 389. The molecule has 0 bridgehead atoms. The molecule has 1 saturated heterocycles. The Morgan fingerprint density at radius 1 is 1.26 bits per heavy atom. The molecular formula is C17H33N3O3. The molecule has 1 unspecified atom stereocenters. The Morgan fingerprint density at radius 2 is 1.91 bits per heavy atom. The fourth-order valence-electron chi connectivity index (χ4n) is 2.70. The number of ether oxygens (including phenoxy) is 1. The monoisotopic (exact) mass is 327 g/mol. The van der Waals surface area contributed by atoms with E-state index < -0.39 is 5.60 Å². The standard InChI is InChI=1S/C17H33N3O3/c1-6-19(7-2)12-10-18-15(21)14-9-8-11-20(13-14)16(22)23-17(3,4)5/h14H,6-13H2,1-5H3,(H,18,21). The lowest BCUT2D eigenvalue weighted by atomic mass is 9.97. The maximum atomic E-state index is 12.3. The summed E-state index contributed by atoms with van der Waals surface area (Å²) in [5.41, 5.74) is -0.504. The summed E-state index contributed by atoms with van der Waals surface area (Å²) in [6.07, 6.45) is 1.35. The van der Waals surface area contributed by atoms with E-state index in [0.29, 0.717) is 19.6 Å². The second kappa shape index (κ2) is 9.11. The predicted molar refractivity (Wildman–Crippen MR) is 91.3 cm³/mol. The molecule has 1 aliphatic heterocycles. The summed E-state index contributed by atoms with van der Waals surface area (Å²) in [4.78, 5) is 28.4. The third kappa shape index (κ3) is 7.20. The molecule has 6 nitrogen and oxygen atoms in total.